The lowest BCUT2D eigenvalue weighted by Gasteiger charge is -2.16. The Morgan fingerprint density at radius 1 is 1.21 bits per heavy atom. The van der Waals surface area contributed by atoms with Crippen LogP contribution in [0.3, 0.4) is 0 Å². The summed E-state index contributed by atoms with van der Waals surface area (Å²) in [6, 6.07) is 7.41. The van der Waals surface area contributed by atoms with Crippen molar-refractivity contribution in [1.82, 2.24) is 4.90 Å². The predicted molar refractivity (Wildman–Crippen MR) is 142 cm³/mol. The van der Waals surface area contributed by atoms with Gasteiger partial charge in [-0.3, -0.25) is 19.3 Å². The van der Waals surface area contributed by atoms with Crippen LogP contribution < -0.4 is 14.8 Å². The first-order valence-corrected chi connectivity index (χ1v) is 12.1. The van der Waals surface area contributed by atoms with Gasteiger partial charge in [-0.25, -0.2) is 0 Å². The number of thioether (sulfide) groups is 1. The summed E-state index contributed by atoms with van der Waals surface area (Å²) in [7, 11) is 1.50. The highest BCUT2D eigenvalue weighted by Crippen LogP contribution is 2.37. The number of methoxy groups -OCH3 is 1. The molecule has 9 heteroatoms. The number of carbonyl (C=O) groups is 3. The summed E-state index contributed by atoms with van der Waals surface area (Å²) in [5, 5.41) is 2.32. The molecule has 1 N–H and O–H groups in total. The van der Waals surface area contributed by atoms with Gasteiger partial charge in [0.15, 0.2) is 11.5 Å². The third kappa shape index (κ3) is 5.74. The van der Waals surface area contributed by atoms with Crippen LogP contribution in [0.5, 0.6) is 11.5 Å². The average Bonchev–Trinajstić information content (AvgIpc) is 3.02. The summed E-state index contributed by atoms with van der Waals surface area (Å²) in [5.41, 5.74) is 4.25. The number of hydrogen-bond acceptors (Lipinski definition) is 6. The lowest BCUT2D eigenvalue weighted by molar-refractivity contribution is -0.127. The lowest BCUT2D eigenvalue weighted by Crippen LogP contribution is -2.36. The van der Waals surface area contributed by atoms with Gasteiger partial charge in [-0.2, -0.15) is 0 Å². The van der Waals surface area contributed by atoms with Crippen LogP contribution in [0.25, 0.3) is 6.08 Å². The van der Waals surface area contributed by atoms with Crippen molar-refractivity contribution in [2.75, 3.05) is 25.6 Å². The number of carbonyl (C=O) groups excluding carboxylic acids is 3. The molecule has 1 saturated heterocycles. The smallest absolute Gasteiger partial charge is 0.294 e. The summed E-state index contributed by atoms with van der Waals surface area (Å²) in [4.78, 5) is 39.2. The van der Waals surface area contributed by atoms with E-state index < -0.39 is 17.1 Å². The van der Waals surface area contributed by atoms with E-state index in [9.17, 15) is 14.4 Å². The van der Waals surface area contributed by atoms with Gasteiger partial charge in [0.1, 0.15) is 13.2 Å². The quantitative estimate of drug-likeness (QED) is 0.280. The highest BCUT2D eigenvalue weighted by molar-refractivity contribution is 14.1. The van der Waals surface area contributed by atoms with Gasteiger partial charge in [-0.1, -0.05) is 23.6 Å². The zero-order chi connectivity index (χ0) is 25.0. The van der Waals surface area contributed by atoms with E-state index in [-0.39, 0.29) is 18.1 Å². The Labute approximate surface area is 216 Å². The van der Waals surface area contributed by atoms with Crippen molar-refractivity contribution in [3.63, 3.8) is 0 Å². The number of anilines is 1. The molecule has 1 heterocycles. The van der Waals surface area contributed by atoms with E-state index in [0.29, 0.717) is 22.7 Å². The fourth-order valence-corrected chi connectivity index (χ4v) is 5.18. The third-order valence-electron chi connectivity index (χ3n) is 4.97. The molecule has 0 unspecified atom stereocenters. The van der Waals surface area contributed by atoms with Gasteiger partial charge >= 0.3 is 0 Å². The lowest BCUT2D eigenvalue weighted by atomic mass is 10.1. The molecule has 0 aliphatic carbocycles. The molecule has 2 aromatic rings. The van der Waals surface area contributed by atoms with Gasteiger partial charge in [0.25, 0.3) is 11.1 Å². The summed E-state index contributed by atoms with van der Waals surface area (Å²) >= 11 is 2.87. The molecular formula is C25H23IN2O5S. The second-order valence-electron chi connectivity index (χ2n) is 7.62. The van der Waals surface area contributed by atoms with Gasteiger partial charge in [0, 0.05) is 5.69 Å². The van der Waals surface area contributed by atoms with Crippen LogP contribution in [0.4, 0.5) is 10.5 Å². The van der Waals surface area contributed by atoms with Crippen LogP contribution in [-0.2, 0) is 9.59 Å². The molecule has 0 aromatic heterocycles. The number of aryl methyl sites for hydroxylation is 3. The topological polar surface area (TPSA) is 84.9 Å². The standard InChI is InChI=1S/C25H23IN2O5S/c1-6-7-33-23-18(26)10-17(11-19(23)32-5)12-20-24(30)28(25(31)34-20)13-21(29)27-22-15(3)8-14(2)9-16(22)4/h1,8-12H,7,13H2,2-5H3,(H,27,29)/b20-12+. The Kier molecular flexibility index (Phi) is 8.28. The van der Waals surface area contributed by atoms with E-state index >= 15 is 0 Å². The van der Waals surface area contributed by atoms with Crippen molar-refractivity contribution >= 4 is 63.2 Å². The van der Waals surface area contributed by atoms with Gasteiger partial charge in [0.05, 0.1) is 15.6 Å². The summed E-state index contributed by atoms with van der Waals surface area (Å²) in [6.45, 7) is 5.50. The number of hydrogen-bond donors (Lipinski definition) is 1. The number of amides is 3. The molecule has 1 fully saturated rings. The number of rotatable bonds is 7. The second-order valence-corrected chi connectivity index (χ2v) is 9.77. The van der Waals surface area contributed by atoms with Crippen molar-refractivity contribution in [2.45, 2.75) is 20.8 Å². The molecule has 1 aliphatic heterocycles. The number of halogens is 1. The maximum absolute atomic E-state index is 12.9. The summed E-state index contributed by atoms with van der Waals surface area (Å²) in [6.07, 6.45) is 6.85. The van der Waals surface area contributed by atoms with Crippen molar-refractivity contribution in [3.8, 4) is 23.8 Å². The third-order valence-corrected chi connectivity index (χ3v) is 6.67. The van der Waals surface area contributed by atoms with E-state index in [2.05, 4.69) is 33.8 Å². The number of nitrogens with zero attached hydrogens (tertiary/aromatic N) is 1. The van der Waals surface area contributed by atoms with Gasteiger partial charge < -0.3 is 14.8 Å². The monoisotopic (exact) mass is 590 g/mol. The Hall–Kier alpha value is -2.97. The van der Waals surface area contributed by atoms with Crippen LogP contribution in [-0.4, -0.2) is 42.2 Å². The van der Waals surface area contributed by atoms with E-state index in [1.165, 1.54) is 7.11 Å². The van der Waals surface area contributed by atoms with E-state index in [1.807, 2.05) is 32.9 Å². The molecule has 2 aromatic carbocycles. The maximum atomic E-state index is 12.9. The van der Waals surface area contributed by atoms with Crippen LogP contribution >= 0.6 is 34.4 Å². The summed E-state index contributed by atoms with van der Waals surface area (Å²) < 4.78 is 11.7. The molecule has 0 bridgehead atoms. The van der Waals surface area contributed by atoms with Crippen LogP contribution in [0.2, 0.25) is 0 Å². The SMILES string of the molecule is C#CCOc1c(I)cc(/C=C2/SC(=O)N(CC(=O)Nc3c(C)cc(C)cc3C)C2=O)cc1OC. The van der Waals surface area contributed by atoms with Crippen LogP contribution in [0.15, 0.2) is 29.2 Å². The van der Waals surface area contributed by atoms with Crippen molar-refractivity contribution in [2.24, 2.45) is 0 Å². The number of nitrogens with one attached hydrogen (secondary N) is 1. The van der Waals surface area contributed by atoms with Crippen LogP contribution in [0.1, 0.15) is 22.3 Å². The first kappa shape index (κ1) is 25.6. The normalized spacial score (nSPS) is 14.4. The first-order valence-electron chi connectivity index (χ1n) is 10.2. The fourth-order valence-electron chi connectivity index (χ4n) is 3.56. The number of imide groups is 1. The Morgan fingerprint density at radius 2 is 1.88 bits per heavy atom. The average molecular weight is 590 g/mol. The van der Waals surface area contributed by atoms with Crippen LogP contribution in [0, 0.1) is 36.7 Å². The van der Waals surface area contributed by atoms with Crippen molar-refractivity contribution in [3.05, 3.63) is 55.0 Å². The largest absolute Gasteiger partial charge is 0.493 e. The summed E-state index contributed by atoms with van der Waals surface area (Å²) in [5.74, 6) is 2.40. The molecule has 3 amide bonds. The molecular weight excluding hydrogens is 567 g/mol. The minimum atomic E-state index is -0.524. The zero-order valence-corrected chi connectivity index (χ0v) is 22.1. The molecule has 34 heavy (non-hydrogen) atoms. The van der Waals surface area contributed by atoms with Crippen molar-refractivity contribution in [1.29, 1.82) is 0 Å². The van der Waals surface area contributed by atoms with E-state index in [0.717, 1.165) is 36.9 Å². The van der Waals surface area contributed by atoms with Gasteiger partial charge in [-0.15, -0.1) is 6.42 Å². The van der Waals surface area contributed by atoms with Gasteiger partial charge in [-0.05, 0) is 90.0 Å². The Morgan fingerprint density at radius 3 is 2.50 bits per heavy atom. The molecule has 0 saturated carbocycles. The fraction of sp³-hybridized carbons (Fsp3) is 0.240. The Balaban J connectivity index is 1.78. The molecule has 0 atom stereocenters. The molecule has 0 spiro atoms. The second kappa shape index (κ2) is 11.0. The molecule has 7 nitrogen and oxygen atoms in total. The molecule has 3 rings (SSSR count). The minimum Gasteiger partial charge on any atom is -0.493 e. The maximum Gasteiger partial charge on any atom is 0.294 e. The Bertz CT molecular complexity index is 1230. The highest BCUT2D eigenvalue weighted by atomic mass is 127. The molecule has 0 radical (unpaired) electrons. The van der Waals surface area contributed by atoms with E-state index in [1.54, 1.807) is 18.2 Å². The highest BCUT2D eigenvalue weighted by Gasteiger charge is 2.36. The van der Waals surface area contributed by atoms with Crippen molar-refractivity contribution < 1.29 is 23.9 Å². The zero-order valence-electron chi connectivity index (χ0n) is 19.2. The number of ether oxygens (including phenoxy) is 2. The predicted octanol–water partition coefficient (Wildman–Crippen LogP) is 4.91. The number of terminal acetylenes is 1. The van der Waals surface area contributed by atoms with E-state index in [4.69, 9.17) is 15.9 Å². The van der Waals surface area contributed by atoms with Gasteiger partial charge in [0.2, 0.25) is 5.91 Å². The molecule has 176 valence electrons. The minimum absolute atomic E-state index is 0.0916. The first-order chi connectivity index (χ1) is 16.1. The molecule has 1 aliphatic rings. The number of benzene rings is 2.